The van der Waals surface area contributed by atoms with E-state index in [1.807, 2.05) is 17.8 Å². The zero-order chi connectivity index (χ0) is 13.1. The van der Waals surface area contributed by atoms with Gasteiger partial charge >= 0.3 is 0 Å². The topological polar surface area (TPSA) is 38.0 Å². The van der Waals surface area contributed by atoms with E-state index < -0.39 is 0 Å². The van der Waals surface area contributed by atoms with Gasteiger partial charge in [0.25, 0.3) is 0 Å². The van der Waals surface area contributed by atoms with Crippen LogP contribution >= 0.6 is 35.0 Å². The van der Waals surface area contributed by atoms with Crippen molar-refractivity contribution in [3.05, 3.63) is 22.2 Å². The molecule has 0 aromatic heterocycles. The summed E-state index contributed by atoms with van der Waals surface area (Å²) in [7, 11) is 0. The van der Waals surface area contributed by atoms with E-state index in [0.717, 1.165) is 11.4 Å². The number of thioether (sulfide) groups is 1. The Morgan fingerprint density at radius 2 is 2.06 bits per heavy atom. The first-order valence-electron chi connectivity index (χ1n) is 6.24. The van der Waals surface area contributed by atoms with Crippen molar-refractivity contribution in [1.82, 2.24) is 0 Å². The Morgan fingerprint density at radius 1 is 1.33 bits per heavy atom. The van der Waals surface area contributed by atoms with Gasteiger partial charge in [-0.15, -0.1) is 0 Å². The maximum Gasteiger partial charge on any atom is 0.0614 e. The van der Waals surface area contributed by atoms with Crippen molar-refractivity contribution in [3.8, 4) is 0 Å². The van der Waals surface area contributed by atoms with Gasteiger partial charge in [-0.1, -0.05) is 36.5 Å². The lowest BCUT2D eigenvalue weighted by Crippen LogP contribution is -2.26. The number of nitrogens with one attached hydrogen (secondary N) is 1. The summed E-state index contributed by atoms with van der Waals surface area (Å²) in [6, 6.07) is 4.02. The molecular weight excluding hydrogens is 287 g/mol. The SMILES string of the molecule is CCSC1CCCC1Nc1cc(Cl)c(Cl)cc1N. The summed E-state index contributed by atoms with van der Waals surface area (Å²) in [4.78, 5) is 0. The second-order valence-electron chi connectivity index (χ2n) is 4.53. The molecule has 1 aliphatic rings. The molecule has 2 atom stereocenters. The van der Waals surface area contributed by atoms with Crippen LogP contribution in [-0.4, -0.2) is 17.0 Å². The Balaban J connectivity index is 2.11. The number of rotatable bonds is 4. The molecule has 0 aliphatic heterocycles. The summed E-state index contributed by atoms with van der Waals surface area (Å²) >= 11 is 14.0. The van der Waals surface area contributed by atoms with Crippen LogP contribution in [0.25, 0.3) is 0 Å². The molecule has 5 heteroatoms. The van der Waals surface area contributed by atoms with E-state index in [0.29, 0.717) is 27.0 Å². The van der Waals surface area contributed by atoms with E-state index in [2.05, 4.69) is 12.2 Å². The largest absolute Gasteiger partial charge is 0.397 e. The number of hydrogen-bond donors (Lipinski definition) is 2. The van der Waals surface area contributed by atoms with Crippen LogP contribution in [0.3, 0.4) is 0 Å². The van der Waals surface area contributed by atoms with Crippen LogP contribution in [0.2, 0.25) is 10.0 Å². The van der Waals surface area contributed by atoms with Crippen LogP contribution in [-0.2, 0) is 0 Å². The smallest absolute Gasteiger partial charge is 0.0614 e. The summed E-state index contributed by atoms with van der Waals surface area (Å²) in [5, 5.41) is 5.25. The number of nitrogen functional groups attached to an aromatic ring is 1. The van der Waals surface area contributed by atoms with Crippen molar-refractivity contribution in [2.75, 3.05) is 16.8 Å². The van der Waals surface area contributed by atoms with E-state index in [4.69, 9.17) is 28.9 Å². The molecule has 2 rings (SSSR count). The Morgan fingerprint density at radius 3 is 2.78 bits per heavy atom. The van der Waals surface area contributed by atoms with Crippen molar-refractivity contribution in [2.24, 2.45) is 0 Å². The maximum atomic E-state index is 6.04. The first-order chi connectivity index (χ1) is 8.61. The monoisotopic (exact) mass is 304 g/mol. The third kappa shape index (κ3) is 3.19. The van der Waals surface area contributed by atoms with Gasteiger partial charge in [-0.05, 0) is 30.7 Å². The molecule has 1 aliphatic carbocycles. The summed E-state index contributed by atoms with van der Waals surface area (Å²) in [6.07, 6.45) is 3.74. The van der Waals surface area contributed by atoms with Gasteiger partial charge in [0.1, 0.15) is 0 Å². The summed E-state index contributed by atoms with van der Waals surface area (Å²) in [6.45, 7) is 2.20. The molecule has 18 heavy (non-hydrogen) atoms. The minimum Gasteiger partial charge on any atom is -0.397 e. The highest BCUT2D eigenvalue weighted by Gasteiger charge is 2.27. The molecule has 1 saturated carbocycles. The van der Waals surface area contributed by atoms with Gasteiger partial charge in [0.2, 0.25) is 0 Å². The highest BCUT2D eigenvalue weighted by atomic mass is 35.5. The fourth-order valence-electron chi connectivity index (χ4n) is 2.39. The predicted molar refractivity (Wildman–Crippen MR) is 84.1 cm³/mol. The first kappa shape index (κ1) is 14.2. The fourth-order valence-corrected chi connectivity index (χ4v) is 3.93. The second-order valence-corrected chi connectivity index (χ2v) is 6.86. The van der Waals surface area contributed by atoms with Crippen molar-refractivity contribution in [2.45, 2.75) is 37.5 Å². The average molecular weight is 305 g/mol. The molecule has 0 heterocycles. The molecule has 0 bridgehead atoms. The number of benzene rings is 1. The van der Waals surface area contributed by atoms with Crippen LogP contribution < -0.4 is 11.1 Å². The highest BCUT2D eigenvalue weighted by Crippen LogP contribution is 2.36. The lowest BCUT2D eigenvalue weighted by Gasteiger charge is -2.22. The van der Waals surface area contributed by atoms with Crippen molar-refractivity contribution in [1.29, 1.82) is 0 Å². The molecule has 0 radical (unpaired) electrons. The van der Waals surface area contributed by atoms with Gasteiger partial charge in [-0.2, -0.15) is 11.8 Å². The third-order valence-corrected chi connectivity index (χ3v) is 5.31. The minimum absolute atomic E-state index is 0.481. The lowest BCUT2D eigenvalue weighted by atomic mass is 10.2. The molecule has 0 amide bonds. The molecular formula is C13H18Cl2N2S. The van der Waals surface area contributed by atoms with Crippen molar-refractivity contribution in [3.63, 3.8) is 0 Å². The molecule has 0 saturated heterocycles. The summed E-state index contributed by atoms with van der Waals surface area (Å²) < 4.78 is 0. The van der Waals surface area contributed by atoms with Gasteiger partial charge < -0.3 is 11.1 Å². The molecule has 1 aromatic carbocycles. The quantitative estimate of drug-likeness (QED) is 0.794. The van der Waals surface area contributed by atoms with Gasteiger partial charge in [0, 0.05) is 11.3 Å². The van der Waals surface area contributed by atoms with Gasteiger partial charge in [-0.3, -0.25) is 0 Å². The molecule has 3 N–H and O–H groups in total. The molecule has 2 nitrogen and oxygen atoms in total. The van der Waals surface area contributed by atoms with Crippen LogP contribution in [0.5, 0.6) is 0 Å². The van der Waals surface area contributed by atoms with Crippen molar-refractivity contribution < 1.29 is 0 Å². The van der Waals surface area contributed by atoms with Crippen molar-refractivity contribution >= 4 is 46.3 Å². The molecule has 1 aromatic rings. The lowest BCUT2D eigenvalue weighted by molar-refractivity contribution is 0.768. The molecule has 2 unspecified atom stereocenters. The number of nitrogens with two attached hydrogens (primary N) is 1. The Labute approximate surface area is 123 Å². The van der Waals surface area contributed by atoms with Gasteiger partial charge in [-0.25, -0.2) is 0 Å². The highest BCUT2D eigenvalue weighted by molar-refractivity contribution is 7.99. The number of halogens is 2. The minimum atomic E-state index is 0.481. The van der Waals surface area contributed by atoms with Gasteiger partial charge in [0.05, 0.1) is 21.4 Å². The second kappa shape index (κ2) is 6.27. The van der Waals surface area contributed by atoms with Crippen LogP contribution in [0.1, 0.15) is 26.2 Å². The van der Waals surface area contributed by atoms with E-state index in [1.54, 1.807) is 6.07 Å². The van der Waals surface area contributed by atoms with Crippen LogP contribution in [0.15, 0.2) is 12.1 Å². The molecule has 0 spiro atoms. The van der Waals surface area contributed by atoms with E-state index >= 15 is 0 Å². The summed E-state index contributed by atoms with van der Waals surface area (Å²) in [5.41, 5.74) is 7.54. The first-order valence-corrected chi connectivity index (χ1v) is 8.05. The Hall–Kier alpha value is -0.250. The van der Waals surface area contributed by atoms with Crippen LogP contribution in [0.4, 0.5) is 11.4 Å². The number of hydrogen-bond acceptors (Lipinski definition) is 3. The zero-order valence-corrected chi connectivity index (χ0v) is 12.7. The predicted octanol–water partition coefficient (Wildman–Crippen LogP) is 4.66. The van der Waals surface area contributed by atoms with E-state index in [9.17, 15) is 0 Å². The maximum absolute atomic E-state index is 6.04. The fraction of sp³-hybridized carbons (Fsp3) is 0.538. The van der Waals surface area contributed by atoms with E-state index in [1.165, 1.54) is 19.3 Å². The average Bonchev–Trinajstić information content (AvgIpc) is 2.74. The zero-order valence-electron chi connectivity index (χ0n) is 10.4. The molecule has 1 fully saturated rings. The van der Waals surface area contributed by atoms with Gasteiger partial charge in [0.15, 0.2) is 0 Å². The standard InChI is InChI=1S/C13H18Cl2N2S/c1-2-18-13-5-3-4-11(13)17-12-7-9(15)8(14)6-10(12)16/h6-7,11,13,17H,2-5,16H2,1H3. The Kier molecular flexibility index (Phi) is 4.93. The number of anilines is 2. The van der Waals surface area contributed by atoms with Crippen LogP contribution in [0, 0.1) is 0 Å². The summed E-state index contributed by atoms with van der Waals surface area (Å²) in [5.74, 6) is 1.15. The van der Waals surface area contributed by atoms with E-state index in [-0.39, 0.29) is 0 Å². The Bertz CT molecular complexity index is 426. The molecule has 100 valence electrons. The normalized spacial score (nSPS) is 23.3. The third-order valence-electron chi connectivity index (χ3n) is 3.27.